The molecule has 2 aromatic carbocycles. The number of sulfone groups is 1. The summed E-state index contributed by atoms with van der Waals surface area (Å²) >= 11 is 0. The summed E-state index contributed by atoms with van der Waals surface area (Å²) in [5, 5.41) is -0.196. The molecule has 0 spiro atoms. The molecule has 1 heterocycles. The summed E-state index contributed by atoms with van der Waals surface area (Å²) in [6, 6.07) is 13.6. The van der Waals surface area contributed by atoms with Crippen molar-refractivity contribution < 1.29 is 17.2 Å². The molecular weight excluding hydrogens is 331 g/mol. The number of nitrogens with zero attached hydrogens (tertiary/aromatic N) is 2. The van der Waals surface area contributed by atoms with Gasteiger partial charge in [-0.05, 0) is 36.4 Å². The minimum absolute atomic E-state index is 0.0417. The number of aromatic nitrogens is 1. The second kappa shape index (κ2) is 6.09. The topological polar surface area (TPSA) is 63.4 Å². The lowest BCUT2D eigenvalue weighted by molar-refractivity contribution is 0.564. The molecule has 0 unspecified atom stereocenters. The standard InChI is InChI=1S/C17H15FN2O3S/c1-20(2)17-16(19-15(23-17)12-6-4-3-5-7-12)24(21,22)14-10-8-13(18)9-11-14/h3-11H,1-2H3. The van der Waals surface area contributed by atoms with Gasteiger partial charge in [-0.25, -0.2) is 12.8 Å². The monoisotopic (exact) mass is 346 g/mol. The summed E-state index contributed by atoms with van der Waals surface area (Å²) in [7, 11) is -0.600. The van der Waals surface area contributed by atoms with Crippen LogP contribution in [0.2, 0.25) is 0 Å². The first-order valence-corrected chi connectivity index (χ1v) is 8.62. The van der Waals surface area contributed by atoms with Crippen LogP contribution in [-0.2, 0) is 9.84 Å². The number of halogens is 1. The fraction of sp³-hybridized carbons (Fsp3) is 0.118. The minimum Gasteiger partial charge on any atom is -0.419 e. The molecule has 1 aromatic heterocycles. The Morgan fingerprint density at radius 1 is 1.00 bits per heavy atom. The number of hydrogen-bond donors (Lipinski definition) is 0. The van der Waals surface area contributed by atoms with Crippen LogP contribution < -0.4 is 4.90 Å². The summed E-state index contributed by atoms with van der Waals surface area (Å²) in [4.78, 5) is 5.68. The molecule has 0 atom stereocenters. The van der Waals surface area contributed by atoms with Crippen LogP contribution in [0, 0.1) is 5.82 Å². The average molecular weight is 346 g/mol. The molecule has 0 saturated carbocycles. The smallest absolute Gasteiger partial charge is 0.235 e. The van der Waals surface area contributed by atoms with Crippen LogP contribution in [0.1, 0.15) is 0 Å². The normalized spacial score (nSPS) is 11.5. The van der Waals surface area contributed by atoms with E-state index in [-0.39, 0.29) is 21.7 Å². The van der Waals surface area contributed by atoms with Crippen molar-refractivity contribution in [1.82, 2.24) is 4.98 Å². The molecule has 0 bridgehead atoms. The number of benzene rings is 2. The van der Waals surface area contributed by atoms with E-state index in [9.17, 15) is 12.8 Å². The van der Waals surface area contributed by atoms with Crippen molar-refractivity contribution in [2.45, 2.75) is 9.92 Å². The van der Waals surface area contributed by atoms with Crippen molar-refractivity contribution in [3.8, 4) is 11.5 Å². The molecular formula is C17H15FN2O3S. The van der Waals surface area contributed by atoms with Crippen LogP contribution in [0.25, 0.3) is 11.5 Å². The van der Waals surface area contributed by atoms with Crippen molar-refractivity contribution >= 4 is 15.7 Å². The average Bonchev–Trinajstić information content (AvgIpc) is 3.02. The van der Waals surface area contributed by atoms with Gasteiger partial charge in [-0.1, -0.05) is 18.2 Å². The maximum atomic E-state index is 13.1. The van der Waals surface area contributed by atoms with Crippen LogP contribution in [-0.4, -0.2) is 27.5 Å². The lowest BCUT2D eigenvalue weighted by atomic mass is 10.2. The Labute approximate surface area is 139 Å². The third-order valence-corrected chi connectivity index (χ3v) is 5.05. The zero-order valence-electron chi connectivity index (χ0n) is 13.1. The summed E-state index contributed by atoms with van der Waals surface area (Å²) in [5.74, 6) is -0.176. The van der Waals surface area contributed by atoms with Crippen LogP contribution in [0.3, 0.4) is 0 Å². The second-order valence-electron chi connectivity index (χ2n) is 5.35. The zero-order chi connectivity index (χ0) is 17.3. The molecule has 3 aromatic rings. The van der Waals surface area contributed by atoms with Gasteiger partial charge in [0.25, 0.3) is 0 Å². The maximum Gasteiger partial charge on any atom is 0.235 e. The lowest BCUT2D eigenvalue weighted by Gasteiger charge is -2.10. The van der Waals surface area contributed by atoms with Gasteiger partial charge in [-0.3, -0.25) is 0 Å². The van der Waals surface area contributed by atoms with Crippen molar-refractivity contribution in [2.24, 2.45) is 0 Å². The number of hydrogen-bond acceptors (Lipinski definition) is 5. The molecule has 5 nitrogen and oxygen atoms in total. The first-order chi connectivity index (χ1) is 11.4. The maximum absolute atomic E-state index is 13.1. The number of anilines is 1. The Kier molecular flexibility index (Phi) is 4.11. The third kappa shape index (κ3) is 2.90. The van der Waals surface area contributed by atoms with Gasteiger partial charge in [-0.15, -0.1) is 0 Å². The van der Waals surface area contributed by atoms with E-state index in [4.69, 9.17) is 4.42 Å². The quantitative estimate of drug-likeness (QED) is 0.678. The molecule has 0 amide bonds. The van der Waals surface area contributed by atoms with Gasteiger partial charge >= 0.3 is 0 Å². The fourth-order valence-electron chi connectivity index (χ4n) is 2.19. The molecule has 0 fully saturated rings. The van der Waals surface area contributed by atoms with E-state index in [2.05, 4.69) is 4.98 Å². The van der Waals surface area contributed by atoms with E-state index in [1.165, 1.54) is 17.0 Å². The van der Waals surface area contributed by atoms with Gasteiger partial charge < -0.3 is 9.32 Å². The van der Waals surface area contributed by atoms with Gasteiger partial charge in [0.05, 0.1) is 4.90 Å². The minimum atomic E-state index is -3.93. The van der Waals surface area contributed by atoms with Crippen molar-refractivity contribution in [2.75, 3.05) is 19.0 Å². The van der Waals surface area contributed by atoms with Crippen LogP contribution >= 0.6 is 0 Å². The van der Waals surface area contributed by atoms with Gasteiger partial charge in [0.1, 0.15) is 5.82 Å². The predicted octanol–water partition coefficient (Wildman–Crippen LogP) is 3.38. The van der Waals surface area contributed by atoms with E-state index < -0.39 is 15.7 Å². The highest BCUT2D eigenvalue weighted by atomic mass is 32.2. The Balaban J connectivity index is 2.16. The van der Waals surface area contributed by atoms with Crippen molar-refractivity contribution in [1.29, 1.82) is 0 Å². The van der Waals surface area contributed by atoms with Crippen LogP contribution in [0.4, 0.5) is 10.3 Å². The Hall–Kier alpha value is -2.67. The summed E-state index contributed by atoms with van der Waals surface area (Å²) in [6.07, 6.45) is 0. The fourth-order valence-corrected chi connectivity index (χ4v) is 3.56. The van der Waals surface area contributed by atoms with E-state index in [0.29, 0.717) is 5.56 Å². The van der Waals surface area contributed by atoms with Gasteiger partial charge in [0, 0.05) is 19.7 Å². The largest absolute Gasteiger partial charge is 0.419 e. The molecule has 0 saturated heterocycles. The predicted molar refractivity (Wildman–Crippen MR) is 88.1 cm³/mol. The highest BCUT2D eigenvalue weighted by Crippen LogP contribution is 2.33. The van der Waals surface area contributed by atoms with Crippen molar-refractivity contribution in [3.05, 3.63) is 60.4 Å². The molecule has 0 aliphatic rings. The summed E-state index contributed by atoms with van der Waals surface area (Å²) in [5.41, 5.74) is 0.668. The van der Waals surface area contributed by atoms with Gasteiger partial charge in [0.2, 0.25) is 26.6 Å². The zero-order valence-corrected chi connectivity index (χ0v) is 13.9. The first kappa shape index (κ1) is 16.2. The van der Waals surface area contributed by atoms with Crippen molar-refractivity contribution in [3.63, 3.8) is 0 Å². The Bertz CT molecular complexity index is 949. The van der Waals surface area contributed by atoms with E-state index >= 15 is 0 Å². The molecule has 24 heavy (non-hydrogen) atoms. The van der Waals surface area contributed by atoms with Gasteiger partial charge in [0.15, 0.2) is 0 Å². The molecule has 0 radical (unpaired) electrons. The molecule has 0 N–H and O–H groups in total. The SMILES string of the molecule is CN(C)c1oc(-c2ccccc2)nc1S(=O)(=O)c1ccc(F)cc1. The highest BCUT2D eigenvalue weighted by molar-refractivity contribution is 7.91. The van der Waals surface area contributed by atoms with Crippen LogP contribution in [0.5, 0.6) is 0 Å². The van der Waals surface area contributed by atoms with E-state index in [0.717, 1.165) is 12.1 Å². The lowest BCUT2D eigenvalue weighted by Crippen LogP contribution is -2.13. The van der Waals surface area contributed by atoms with Crippen LogP contribution in [0.15, 0.2) is 68.9 Å². The molecule has 7 heteroatoms. The Morgan fingerprint density at radius 3 is 2.21 bits per heavy atom. The molecule has 3 rings (SSSR count). The summed E-state index contributed by atoms with van der Waals surface area (Å²) < 4.78 is 44.4. The Morgan fingerprint density at radius 2 is 1.62 bits per heavy atom. The van der Waals surface area contributed by atoms with E-state index in [1.807, 2.05) is 18.2 Å². The third-order valence-electron chi connectivity index (χ3n) is 3.38. The van der Waals surface area contributed by atoms with E-state index in [1.54, 1.807) is 26.2 Å². The number of rotatable bonds is 4. The highest BCUT2D eigenvalue weighted by Gasteiger charge is 2.29. The molecule has 0 aliphatic carbocycles. The first-order valence-electron chi connectivity index (χ1n) is 7.14. The summed E-state index contributed by atoms with van der Waals surface area (Å²) in [6.45, 7) is 0. The van der Waals surface area contributed by atoms with Gasteiger partial charge in [-0.2, -0.15) is 4.98 Å². The number of oxazole rings is 1. The molecule has 0 aliphatic heterocycles. The molecule has 124 valence electrons. The second-order valence-corrected chi connectivity index (χ2v) is 7.21.